The highest BCUT2D eigenvalue weighted by Gasteiger charge is 2.29. The van der Waals surface area contributed by atoms with E-state index in [1.54, 1.807) is 0 Å². The molecule has 3 aromatic carbocycles. The number of sulfone groups is 1. The maximum Gasteiger partial charge on any atom is 0.176 e. The monoisotopic (exact) mass is 394 g/mol. The van der Waals surface area contributed by atoms with Gasteiger partial charge in [-0.3, -0.25) is 0 Å². The van der Waals surface area contributed by atoms with Crippen LogP contribution in [0.25, 0.3) is 22.3 Å². The fourth-order valence-corrected chi connectivity index (χ4v) is 5.18. The normalized spacial score (nSPS) is 11.8. The van der Waals surface area contributed by atoms with Crippen LogP contribution < -0.4 is 11.5 Å². The van der Waals surface area contributed by atoms with Crippen LogP contribution in [0.5, 0.6) is 0 Å². The van der Waals surface area contributed by atoms with Crippen molar-refractivity contribution in [3.8, 4) is 22.3 Å². The van der Waals surface area contributed by atoms with E-state index in [2.05, 4.69) is 0 Å². The Morgan fingerprint density at radius 3 is 1.71 bits per heavy atom. The van der Waals surface area contributed by atoms with Gasteiger partial charge < -0.3 is 11.5 Å². The molecule has 3 rings (SSSR count). The van der Waals surface area contributed by atoms with Crippen molar-refractivity contribution in [2.45, 2.75) is 31.2 Å². The molecular weight excluding hydrogens is 368 g/mol. The maximum absolute atomic E-state index is 12.9. The second-order valence-corrected chi connectivity index (χ2v) is 9.20. The zero-order chi connectivity index (χ0) is 20.5. The van der Waals surface area contributed by atoms with Crippen LogP contribution >= 0.6 is 0 Å². The average Bonchev–Trinajstić information content (AvgIpc) is 2.67. The molecule has 5 heteroatoms. The molecule has 0 spiro atoms. The van der Waals surface area contributed by atoms with Gasteiger partial charge in [0.2, 0.25) is 0 Å². The summed E-state index contributed by atoms with van der Waals surface area (Å²) < 4.78 is 25.8. The lowest BCUT2D eigenvalue weighted by atomic mass is 9.85. The van der Waals surface area contributed by atoms with Crippen molar-refractivity contribution in [2.75, 3.05) is 12.0 Å². The Balaban J connectivity index is 2.61. The van der Waals surface area contributed by atoms with Crippen molar-refractivity contribution in [2.24, 2.45) is 5.73 Å². The molecule has 0 amide bonds. The molecule has 28 heavy (non-hydrogen) atoms. The SMILES string of the molecule is CC(C)c1c(N)c(-c2ccccc2)c(CN)c(-c2ccccc2)c1S(C)(=O)=O. The molecule has 0 saturated heterocycles. The smallest absolute Gasteiger partial charge is 0.176 e. The number of nitrogen functional groups attached to an aromatic ring is 1. The second kappa shape index (κ2) is 7.78. The standard InChI is InChI=1S/C23H26N2O2S/c1-15(2)19-22(25)20(16-10-6-4-7-11-16)18(14-24)21(23(19)28(3,26)27)17-12-8-5-9-13-17/h4-13,15H,14,24-25H2,1-3H3. The molecule has 146 valence electrons. The van der Waals surface area contributed by atoms with Gasteiger partial charge in [-0.25, -0.2) is 8.42 Å². The number of anilines is 1. The quantitative estimate of drug-likeness (QED) is 0.620. The summed E-state index contributed by atoms with van der Waals surface area (Å²) in [5.74, 6) is -0.0681. The highest BCUT2D eigenvalue weighted by atomic mass is 32.2. The number of rotatable bonds is 5. The first-order valence-electron chi connectivity index (χ1n) is 9.26. The largest absolute Gasteiger partial charge is 0.398 e. The Morgan fingerprint density at radius 2 is 1.32 bits per heavy atom. The summed E-state index contributed by atoms with van der Waals surface area (Å²) in [6, 6.07) is 19.3. The van der Waals surface area contributed by atoms with Gasteiger partial charge in [0.05, 0.1) is 4.90 Å². The summed E-state index contributed by atoms with van der Waals surface area (Å²) in [5, 5.41) is 0. The summed E-state index contributed by atoms with van der Waals surface area (Å²) in [5.41, 5.74) is 17.9. The van der Waals surface area contributed by atoms with E-state index in [1.165, 1.54) is 6.26 Å². The first-order chi connectivity index (χ1) is 13.3. The minimum absolute atomic E-state index is 0.0681. The second-order valence-electron chi connectivity index (χ2n) is 7.25. The van der Waals surface area contributed by atoms with E-state index in [-0.39, 0.29) is 17.4 Å². The Bertz CT molecular complexity index is 1090. The van der Waals surface area contributed by atoms with E-state index in [0.717, 1.165) is 22.3 Å². The fraction of sp³-hybridized carbons (Fsp3) is 0.217. The third-order valence-corrected chi connectivity index (χ3v) is 6.08. The van der Waals surface area contributed by atoms with E-state index in [9.17, 15) is 8.42 Å². The van der Waals surface area contributed by atoms with Crippen molar-refractivity contribution < 1.29 is 8.42 Å². The molecule has 0 unspecified atom stereocenters. The van der Waals surface area contributed by atoms with Gasteiger partial charge in [0.1, 0.15) is 0 Å². The molecule has 0 fully saturated rings. The van der Waals surface area contributed by atoms with Crippen LogP contribution in [0.3, 0.4) is 0 Å². The number of benzene rings is 3. The minimum Gasteiger partial charge on any atom is -0.398 e. The molecule has 0 heterocycles. The van der Waals surface area contributed by atoms with E-state index in [0.29, 0.717) is 16.8 Å². The molecular formula is C23H26N2O2S. The van der Waals surface area contributed by atoms with E-state index < -0.39 is 9.84 Å². The summed E-state index contributed by atoms with van der Waals surface area (Å²) in [6.07, 6.45) is 1.24. The number of hydrogen-bond acceptors (Lipinski definition) is 4. The van der Waals surface area contributed by atoms with Gasteiger partial charge in [-0.15, -0.1) is 0 Å². The highest BCUT2D eigenvalue weighted by Crippen LogP contribution is 2.46. The van der Waals surface area contributed by atoms with Crippen LogP contribution in [0.1, 0.15) is 30.9 Å². The topological polar surface area (TPSA) is 86.2 Å². The Labute approximate surface area is 167 Å². The van der Waals surface area contributed by atoms with Gasteiger partial charge >= 0.3 is 0 Å². The number of nitrogens with two attached hydrogens (primary N) is 2. The van der Waals surface area contributed by atoms with Gasteiger partial charge in [0.25, 0.3) is 0 Å². The molecule has 4 N–H and O–H groups in total. The zero-order valence-corrected chi connectivity index (χ0v) is 17.3. The van der Waals surface area contributed by atoms with Gasteiger partial charge in [-0.05, 0) is 28.2 Å². The lowest BCUT2D eigenvalue weighted by Crippen LogP contribution is -2.15. The first kappa shape index (κ1) is 20.1. The van der Waals surface area contributed by atoms with Crippen LogP contribution in [0.15, 0.2) is 65.6 Å². The van der Waals surface area contributed by atoms with Crippen LogP contribution in [0.2, 0.25) is 0 Å². The summed E-state index contributed by atoms with van der Waals surface area (Å²) in [7, 11) is -3.55. The lowest BCUT2D eigenvalue weighted by molar-refractivity contribution is 0.600. The Kier molecular flexibility index (Phi) is 5.59. The fourth-order valence-electron chi connectivity index (χ4n) is 3.82. The van der Waals surface area contributed by atoms with Crippen molar-refractivity contribution in [3.05, 3.63) is 71.8 Å². The van der Waals surface area contributed by atoms with Crippen molar-refractivity contribution in [1.29, 1.82) is 0 Å². The van der Waals surface area contributed by atoms with Gasteiger partial charge in [-0.2, -0.15) is 0 Å². The summed E-state index contributed by atoms with van der Waals surface area (Å²) >= 11 is 0. The molecule has 3 aromatic rings. The minimum atomic E-state index is -3.55. The third kappa shape index (κ3) is 3.55. The predicted octanol–water partition coefficient (Wildman–Crippen LogP) is 4.59. The van der Waals surface area contributed by atoms with Gasteiger partial charge in [-0.1, -0.05) is 74.5 Å². The summed E-state index contributed by atoms with van der Waals surface area (Å²) in [4.78, 5) is 0.284. The third-order valence-electron chi connectivity index (χ3n) is 4.91. The van der Waals surface area contributed by atoms with Gasteiger partial charge in [0, 0.05) is 29.6 Å². The lowest BCUT2D eigenvalue weighted by Gasteiger charge is -2.26. The number of hydrogen-bond donors (Lipinski definition) is 2. The average molecular weight is 395 g/mol. The van der Waals surface area contributed by atoms with Crippen molar-refractivity contribution in [3.63, 3.8) is 0 Å². The molecule has 0 aliphatic rings. The Hall–Kier alpha value is -2.63. The molecule has 0 saturated carbocycles. The Morgan fingerprint density at radius 1 is 0.857 bits per heavy atom. The molecule has 0 aromatic heterocycles. The molecule has 0 bridgehead atoms. The maximum atomic E-state index is 12.9. The first-order valence-corrected chi connectivity index (χ1v) is 11.2. The van der Waals surface area contributed by atoms with Crippen LogP contribution in [0.4, 0.5) is 5.69 Å². The van der Waals surface area contributed by atoms with Crippen molar-refractivity contribution in [1.82, 2.24) is 0 Å². The van der Waals surface area contributed by atoms with E-state index >= 15 is 0 Å². The highest BCUT2D eigenvalue weighted by molar-refractivity contribution is 7.91. The molecule has 0 aliphatic heterocycles. The molecule has 4 nitrogen and oxygen atoms in total. The van der Waals surface area contributed by atoms with Crippen LogP contribution in [0, 0.1) is 0 Å². The van der Waals surface area contributed by atoms with E-state index in [4.69, 9.17) is 11.5 Å². The van der Waals surface area contributed by atoms with Crippen LogP contribution in [-0.4, -0.2) is 14.7 Å². The van der Waals surface area contributed by atoms with Crippen LogP contribution in [-0.2, 0) is 16.4 Å². The predicted molar refractivity (Wildman–Crippen MR) is 117 cm³/mol. The molecule has 0 aliphatic carbocycles. The van der Waals surface area contributed by atoms with E-state index in [1.807, 2.05) is 74.5 Å². The van der Waals surface area contributed by atoms with Crippen molar-refractivity contribution >= 4 is 15.5 Å². The summed E-state index contributed by atoms with van der Waals surface area (Å²) in [6.45, 7) is 4.11. The van der Waals surface area contributed by atoms with Gasteiger partial charge in [0.15, 0.2) is 9.84 Å². The molecule has 0 atom stereocenters. The zero-order valence-electron chi connectivity index (χ0n) is 16.4. The molecule has 0 radical (unpaired) electrons.